The molecule has 0 N–H and O–H groups in total. The zero-order valence-corrected chi connectivity index (χ0v) is 12.8. The number of aromatic nitrogens is 3. The van der Waals surface area contributed by atoms with Crippen LogP contribution in [-0.2, 0) is 4.84 Å². The zero-order chi connectivity index (χ0) is 15.2. The van der Waals surface area contributed by atoms with Gasteiger partial charge in [0, 0.05) is 30.4 Å². The lowest BCUT2D eigenvalue weighted by atomic mass is 10.2. The van der Waals surface area contributed by atoms with E-state index in [4.69, 9.17) is 4.84 Å². The summed E-state index contributed by atoms with van der Waals surface area (Å²) >= 11 is 1.54. The normalized spacial score (nSPS) is 11.4. The van der Waals surface area contributed by atoms with Crippen LogP contribution >= 0.6 is 11.3 Å². The molecule has 5 nitrogen and oxygen atoms in total. The van der Waals surface area contributed by atoms with E-state index in [1.807, 2.05) is 37.3 Å². The molecule has 0 atom stereocenters. The van der Waals surface area contributed by atoms with E-state index in [2.05, 4.69) is 20.1 Å². The van der Waals surface area contributed by atoms with Crippen molar-refractivity contribution in [2.24, 2.45) is 5.16 Å². The lowest BCUT2D eigenvalue weighted by molar-refractivity contribution is 0.159. The highest BCUT2D eigenvalue weighted by Crippen LogP contribution is 2.26. The Balaban J connectivity index is 1.98. The van der Waals surface area contributed by atoms with E-state index in [-0.39, 0.29) is 0 Å². The van der Waals surface area contributed by atoms with Gasteiger partial charge in [-0.15, -0.1) is 11.3 Å². The van der Waals surface area contributed by atoms with Crippen LogP contribution in [0.4, 0.5) is 0 Å². The van der Waals surface area contributed by atoms with Crippen molar-refractivity contribution in [3.8, 4) is 10.6 Å². The van der Waals surface area contributed by atoms with Crippen LogP contribution in [0.2, 0.25) is 0 Å². The molecule has 3 aromatic rings. The molecule has 110 valence electrons. The fourth-order valence-electron chi connectivity index (χ4n) is 1.86. The first kappa shape index (κ1) is 14.3. The van der Waals surface area contributed by atoms with Crippen molar-refractivity contribution in [3.05, 3.63) is 65.7 Å². The third-order valence-corrected chi connectivity index (χ3v) is 3.89. The van der Waals surface area contributed by atoms with Gasteiger partial charge in [0.05, 0.1) is 10.6 Å². The molecular weight excluding hydrogens is 296 g/mol. The molecule has 0 unspecified atom stereocenters. The van der Waals surface area contributed by atoms with Crippen LogP contribution in [0.25, 0.3) is 10.6 Å². The minimum absolute atomic E-state index is 0.505. The summed E-state index contributed by atoms with van der Waals surface area (Å²) in [6.45, 7) is 2.40. The molecule has 0 aromatic carbocycles. The van der Waals surface area contributed by atoms with E-state index in [0.717, 1.165) is 21.1 Å². The standard InChI is InChI=1S/C16H14N4OS/c1-2-21-20-15(13-7-3-4-9-18-13)14-11-19-16(22-14)12-6-5-8-17-10-12/h3-11H,2H2,1H3. The lowest BCUT2D eigenvalue weighted by Gasteiger charge is -2.02. The Bertz CT molecular complexity index is 756. The molecule has 6 heteroatoms. The van der Waals surface area contributed by atoms with Gasteiger partial charge in [0.2, 0.25) is 0 Å². The fourth-order valence-corrected chi connectivity index (χ4v) is 2.75. The van der Waals surface area contributed by atoms with Gasteiger partial charge in [0.25, 0.3) is 0 Å². The molecule has 0 aliphatic heterocycles. The Hall–Kier alpha value is -2.60. The molecule has 0 radical (unpaired) electrons. The number of hydrogen-bond acceptors (Lipinski definition) is 6. The number of pyridine rings is 2. The summed E-state index contributed by atoms with van der Waals surface area (Å²) in [7, 11) is 0. The molecule has 3 heterocycles. The number of rotatable bonds is 5. The van der Waals surface area contributed by atoms with E-state index >= 15 is 0 Å². The van der Waals surface area contributed by atoms with Crippen LogP contribution in [0.3, 0.4) is 0 Å². The SMILES string of the molecule is CCON=C(c1ccccn1)c1cnc(-c2cccnc2)s1. The second kappa shape index (κ2) is 6.91. The maximum absolute atomic E-state index is 5.23. The van der Waals surface area contributed by atoms with Crippen LogP contribution in [0.15, 0.2) is 60.3 Å². The molecular formula is C16H14N4OS. The quantitative estimate of drug-likeness (QED) is 0.535. The van der Waals surface area contributed by atoms with Gasteiger partial charge in [0.15, 0.2) is 0 Å². The van der Waals surface area contributed by atoms with Gasteiger partial charge in [-0.25, -0.2) is 4.98 Å². The van der Waals surface area contributed by atoms with Crippen LogP contribution < -0.4 is 0 Å². The van der Waals surface area contributed by atoms with E-state index in [1.165, 1.54) is 11.3 Å². The van der Waals surface area contributed by atoms with Crippen molar-refractivity contribution in [3.63, 3.8) is 0 Å². The third-order valence-electron chi connectivity index (χ3n) is 2.84. The maximum Gasteiger partial charge on any atom is 0.147 e. The van der Waals surface area contributed by atoms with E-state index in [9.17, 15) is 0 Å². The second-order valence-electron chi connectivity index (χ2n) is 4.34. The Kier molecular flexibility index (Phi) is 4.50. The first-order chi connectivity index (χ1) is 10.9. The Morgan fingerprint density at radius 3 is 2.82 bits per heavy atom. The van der Waals surface area contributed by atoms with Gasteiger partial charge in [-0.2, -0.15) is 0 Å². The Morgan fingerprint density at radius 2 is 2.09 bits per heavy atom. The largest absolute Gasteiger partial charge is 0.396 e. The minimum atomic E-state index is 0.505. The summed E-state index contributed by atoms with van der Waals surface area (Å²) in [5.41, 5.74) is 2.43. The van der Waals surface area contributed by atoms with Crippen LogP contribution in [0.5, 0.6) is 0 Å². The second-order valence-corrected chi connectivity index (χ2v) is 5.37. The summed E-state index contributed by atoms with van der Waals surface area (Å²) < 4.78 is 0. The van der Waals surface area contributed by atoms with Gasteiger partial charge in [0.1, 0.15) is 17.3 Å². The molecule has 3 rings (SSSR count). The molecule has 0 spiro atoms. The zero-order valence-electron chi connectivity index (χ0n) is 12.0. The molecule has 0 amide bonds. The summed E-state index contributed by atoms with van der Waals surface area (Å²) in [5.74, 6) is 0. The molecule has 0 aliphatic carbocycles. The number of hydrogen-bond donors (Lipinski definition) is 0. The highest BCUT2D eigenvalue weighted by molar-refractivity contribution is 7.17. The summed E-state index contributed by atoms with van der Waals surface area (Å²) in [4.78, 5) is 19.1. The highest BCUT2D eigenvalue weighted by atomic mass is 32.1. The average Bonchev–Trinajstić information content (AvgIpc) is 3.07. The third kappa shape index (κ3) is 3.17. The van der Waals surface area contributed by atoms with Crippen molar-refractivity contribution >= 4 is 17.0 Å². The topological polar surface area (TPSA) is 60.3 Å². The number of nitrogens with zero attached hydrogens (tertiary/aromatic N) is 4. The van der Waals surface area contributed by atoms with Crippen molar-refractivity contribution in [2.75, 3.05) is 6.61 Å². The molecule has 0 aliphatic rings. The average molecular weight is 310 g/mol. The van der Waals surface area contributed by atoms with Gasteiger partial charge >= 0.3 is 0 Å². The minimum Gasteiger partial charge on any atom is -0.396 e. The van der Waals surface area contributed by atoms with Crippen LogP contribution in [0, 0.1) is 0 Å². The van der Waals surface area contributed by atoms with Crippen molar-refractivity contribution < 1.29 is 4.84 Å². The predicted molar refractivity (Wildman–Crippen MR) is 86.8 cm³/mol. The monoisotopic (exact) mass is 310 g/mol. The Labute approximate surface area is 132 Å². The molecule has 0 fully saturated rings. The lowest BCUT2D eigenvalue weighted by Crippen LogP contribution is -2.04. The first-order valence-corrected chi connectivity index (χ1v) is 7.68. The summed E-state index contributed by atoms with van der Waals surface area (Å²) in [6, 6.07) is 9.57. The predicted octanol–water partition coefficient (Wildman–Crippen LogP) is 3.39. The number of thiazole rings is 1. The highest BCUT2D eigenvalue weighted by Gasteiger charge is 2.14. The summed E-state index contributed by atoms with van der Waals surface area (Å²) in [6.07, 6.45) is 7.07. The molecule has 3 aromatic heterocycles. The number of oxime groups is 1. The van der Waals surface area contributed by atoms with E-state index in [1.54, 1.807) is 24.8 Å². The van der Waals surface area contributed by atoms with Gasteiger partial charge in [-0.1, -0.05) is 11.2 Å². The smallest absolute Gasteiger partial charge is 0.147 e. The van der Waals surface area contributed by atoms with Gasteiger partial charge in [-0.3, -0.25) is 9.97 Å². The van der Waals surface area contributed by atoms with Crippen molar-refractivity contribution in [2.45, 2.75) is 6.92 Å². The maximum atomic E-state index is 5.23. The molecule has 0 saturated carbocycles. The van der Waals surface area contributed by atoms with Crippen LogP contribution in [0.1, 0.15) is 17.5 Å². The molecule has 0 bridgehead atoms. The summed E-state index contributed by atoms with van der Waals surface area (Å²) in [5, 5.41) is 5.09. The molecule has 0 saturated heterocycles. The van der Waals surface area contributed by atoms with Crippen molar-refractivity contribution in [1.82, 2.24) is 15.0 Å². The Morgan fingerprint density at radius 1 is 1.14 bits per heavy atom. The first-order valence-electron chi connectivity index (χ1n) is 6.86. The molecule has 22 heavy (non-hydrogen) atoms. The van der Waals surface area contributed by atoms with Gasteiger partial charge < -0.3 is 4.84 Å². The van der Waals surface area contributed by atoms with Crippen molar-refractivity contribution in [1.29, 1.82) is 0 Å². The van der Waals surface area contributed by atoms with E-state index < -0.39 is 0 Å². The van der Waals surface area contributed by atoms with Gasteiger partial charge in [-0.05, 0) is 31.2 Å². The van der Waals surface area contributed by atoms with E-state index in [0.29, 0.717) is 12.3 Å². The fraction of sp³-hybridized carbons (Fsp3) is 0.125. The van der Waals surface area contributed by atoms with Crippen LogP contribution in [-0.4, -0.2) is 27.3 Å².